The van der Waals surface area contributed by atoms with Gasteiger partial charge in [0.1, 0.15) is 0 Å². The zero-order chi connectivity index (χ0) is 12.8. The maximum Gasteiger partial charge on any atom is 0.0644 e. The number of likely N-dealkylation sites (N-methyl/N-ethyl adjacent to an activating group) is 1. The van der Waals surface area contributed by atoms with Gasteiger partial charge in [0.25, 0.3) is 0 Å². The number of nitrogens with zero attached hydrogens (tertiary/aromatic N) is 1. The minimum atomic E-state index is 0.306. The quantitative estimate of drug-likeness (QED) is 0.742. The van der Waals surface area contributed by atoms with E-state index in [4.69, 9.17) is 4.74 Å². The Morgan fingerprint density at radius 3 is 2.59 bits per heavy atom. The highest BCUT2D eigenvalue weighted by Crippen LogP contribution is 2.21. The Kier molecular flexibility index (Phi) is 6.00. The van der Waals surface area contributed by atoms with Crippen molar-refractivity contribution in [1.82, 2.24) is 0 Å². The van der Waals surface area contributed by atoms with Gasteiger partial charge in [-0.3, -0.25) is 0 Å². The van der Waals surface area contributed by atoms with E-state index >= 15 is 0 Å². The molecule has 1 aromatic rings. The molecule has 1 rings (SSSR count). The number of hydrogen-bond donors (Lipinski definition) is 0. The Labute approximate surface area is 113 Å². The molecule has 2 nitrogen and oxygen atoms in total. The Hall–Kier alpha value is -0.540. The van der Waals surface area contributed by atoms with Gasteiger partial charge in [-0.25, -0.2) is 0 Å². The van der Waals surface area contributed by atoms with E-state index in [1.807, 2.05) is 0 Å². The van der Waals surface area contributed by atoms with Crippen LogP contribution in [0.15, 0.2) is 18.2 Å². The van der Waals surface area contributed by atoms with Crippen molar-refractivity contribution in [2.24, 2.45) is 0 Å². The van der Waals surface area contributed by atoms with Crippen LogP contribution in [0.25, 0.3) is 0 Å². The van der Waals surface area contributed by atoms with Gasteiger partial charge >= 0.3 is 0 Å². The summed E-state index contributed by atoms with van der Waals surface area (Å²) in [5.41, 5.74) is 3.91. The molecule has 3 heteroatoms. The number of aryl methyl sites for hydroxylation is 1. The molecule has 0 aliphatic rings. The highest BCUT2D eigenvalue weighted by Gasteiger charge is 2.05. The number of rotatable bonds is 6. The number of ether oxygens (including phenoxy) is 1. The van der Waals surface area contributed by atoms with Crippen molar-refractivity contribution in [2.75, 3.05) is 25.1 Å². The zero-order valence-corrected chi connectivity index (χ0v) is 12.8. The zero-order valence-electron chi connectivity index (χ0n) is 11.2. The molecule has 0 bridgehead atoms. The molecule has 1 aromatic carbocycles. The predicted molar refractivity (Wildman–Crippen MR) is 78.2 cm³/mol. The molecule has 0 spiro atoms. The maximum atomic E-state index is 5.57. The lowest BCUT2D eigenvalue weighted by Crippen LogP contribution is -2.24. The molecule has 96 valence electrons. The molecular formula is C14H22BrNO. The summed E-state index contributed by atoms with van der Waals surface area (Å²) in [6.07, 6.45) is 0.306. The molecule has 0 heterocycles. The van der Waals surface area contributed by atoms with E-state index in [1.54, 1.807) is 0 Å². The van der Waals surface area contributed by atoms with Crippen molar-refractivity contribution in [1.29, 1.82) is 0 Å². The van der Waals surface area contributed by atoms with Crippen molar-refractivity contribution in [3.05, 3.63) is 29.3 Å². The van der Waals surface area contributed by atoms with Crippen LogP contribution in [0.4, 0.5) is 5.69 Å². The second kappa shape index (κ2) is 7.02. The fraction of sp³-hybridized carbons (Fsp3) is 0.571. The summed E-state index contributed by atoms with van der Waals surface area (Å²) in [5.74, 6) is 0. The molecule has 0 saturated carbocycles. The van der Waals surface area contributed by atoms with Crippen molar-refractivity contribution in [3.8, 4) is 0 Å². The maximum absolute atomic E-state index is 5.57. The largest absolute Gasteiger partial charge is 0.377 e. The number of halogens is 1. The summed E-state index contributed by atoms with van der Waals surface area (Å²) in [4.78, 5) is 2.25. The van der Waals surface area contributed by atoms with Gasteiger partial charge in [-0.15, -0.1) is 0 Å². The Balaban J connectivity index is 2.59. The van der Waals surface area contributed by atoms with Crippen LogP contribution in [0.5, 0.6) is 0 Å². The van der Waals surface area contributed by atoms with Crippen LogP contribution in [0.1, 0.15) is 25.0 Å². The molecule has 0 aliphatic heterocycles. The summed E-state index contributed by atoms with van der Waals surface area (Å²) < 4.78 is 5.57. The van der Waals surface area contributed by atoms with Crippen LogP contribution in [0.3, 0.4) is 0 Å². The van der Waals surface area contributed by atoms with E-state index in [2.05, 4.69) is 66.8 Å². The molecule has 17 heavy (non-hydrogen) atoms. The standard InChI is InChI=1S/C14H22BrNO/c1-11(2)17-8-7-16(4)14-6-5-13(10-15)9-12(14)3/h5-6,9,11H,7-8,10H2,1-4H3. The minimum absolute atomic E-state index is 0.306. The SMILES string of the molecule is Cc1cc(CBr)ccc1N(C)CCOC(C)C. The van der Waals surface area contributed by atoms with Crippen LogP contribution in [0.2, 0.25) is 0 Å². The Bertz CT molecular complexity index is 352. The fourth-order valence-corrected chi connectivity index (χ4v) is 2.12. The van der Waals surface area contributed by atoms with Crippen LogP contribution in [0, 0.1) is 6.92 Å². The molecule has 0 saturated heterocycles. The van der Waals surface area contributed by atoms with E-state index in [9.17, 15) is 0 Å². The summed E-state index contributed by atoms with van der Waals surface area (Å²) in [7, 11) is 2.11. The van der Waals surface area contributed by atoms with Crippen molar-refractivity contribution in [3.63, 3.8) is 0 Å². The van der Waals surface area contributed by atoms with Crippen LogP contribution < -0.4 is 4.90 Å². The van der Waals surface area contributed by atoms with Gasteiger partial charge in [0.15, 0.2) is 0 Å². The van der Waals surface area contributed by atoms with E-state index in [0.717, 1.165) is 18.5 Å². The van der Waals surface area contributed by atoms with E-state index < -0.39 is 0 Å². The summed E-state index contributed by atoms with van der Waals surface area (Å²) in [5, 5.41) is 0.911. The highest BCUT2D eigenvalue weighted by atomic mass is 79.9. The lowest BCUT2D eigenvalue weighted by Gasteiger charge is -2.22. The van der Waals surface area contributed by atoms with Gasteiger partial charge in [0.2, 0.25) is 0 Å². The first kappa shape index (κ1) is 14.5. The number of anilines is 1. The first-order valence-corrected chi connectivity index (χ1v) is 7.15. The summed E-state index contributed by atoms with van der Waals surface area (Å²) in [6.45, 7) is 7.98. The third-order valence-corrected chi connectivity index (χ3v) is 3.35. The molecule has 0 unspecified atom stereocenters. The topological polar surface area (TPSA) is 12.5 Å². The fourth-order valence-electron chi connectivity index (χ4n) is 1.77. The first-order chi connectivity index (χ1) is 8.04. The van der Waals surface area contributed by atoms with E-state index in [-0.39, 0.29) is 0 Å². The van der Waals surface area contributed by atoms with Gasteiger partial charge < -0.3 is 9.64 Å². The van der Waals surface area contributed by atoms with Crippen molar-refractivity contribution >= 4 is 21.6 Å². The van der Waals surface area contributed by atoms with Gasteiger partial charge in [-0.1, -0.05) is 28.1 Å². The third kappa shape index (κ3) is 4.68. The smallest absolute Gasteiger partial charge is 0.0644 e. The molecule has 0 atom stereocenters. The average Bonchev–Trinajstić information content (AvgIpc) is 2.28. The normalized spacial score (nSPS) is 10.9. The molecule has 0 radical (unpaired) electrons. The van der Waals surface area contributed by atoms with Gasteiger partial charge in [0, 0.05) is 24.6 Å². The summed E-state index contributed by atoms with van der Waals surface area (Å²) >= 11 is 3.48. The van der Waals surface area contributed by atoms with Crippen LogP contribution >= 0.6 is 15.9 Å². The average molecular weight is 300 g/mol. The van der Waals surface area contributed by atoms with E-state index in [1.165, 1.54) is 16.8 Å². The number of benzene rings is 1. The second-order valence-electron chi connectivity index (χ2n) is 4.60. The molecule has 0 aliphatic carbocycles. The van der Waals surface area contributed by atoms with E-state index in [0.29, 0.717) is 6.10 Å². The predicted octanol–water partition coefficient (Wildman–Crippen LogP) is 3.75. The molecule has 0 aromatic heterocycles. The Morgan fingerprint density at radius 1 is 1.35 bits per heavy atom. The molecule has 0 N–H and O–H groups in total. The molecular weight excluding hydrogens is 278 g/mol. The Morgan fingerprint density at radius 2 is 2.06 bits per heavy atom. The summed E-state index contributed by atoms with van der Waals surface area (Å²) in [6, 6.07) is 6.57. The van der Waals surface area contributed by atoms with Crippen LogP contribution in [-0.2, 0) is 10.1 Å². The second-order valence-corrected chi connectivity index (χ2v) is 5.16. The lowest BCUT2D eigenvalue weighted by atomic mass is 10.1. The third-order valence-electron chi connectivity index (χ3n) is 2.70. The lowest BCUT2D eigenvalue weighted by molar-refractivity contribution is 0.0846. The highest BCUT2D eigenvalue weighted by molar-refractivity contribution is 9.08. The number of hydrogen-bond acceptors (Lipinski definition) is 2. The van der Waals surface area contributed by atoms with Gasteiger partial charge in [-0.2, -0.15) is 0 Å². The van der Waals surface area contributed by atoms with Crippen LogP contribution in [-0.4, -0.2) is 26.3 Å². The van der Waals surface area contributed by atoms with Gasteiger partial charge in [0.05, 0.1) is 12.7 Å². The minimum Gasteiger partial charge on any atom is -0.377 e. The van der Waals surface area contributed by atoms with Gasteiger partial charge in [-0.05, 0) is 38.0 Å². The van der Waals surface area contributed by atoms with Crippen molar-refractivity contribution in [2.45, 2.75) is 32.2 Å². The molecule has 0 amide bonds. The first-order valence-electron chi connectivity index (χ1n) is 6.02. The number of alkyl halides is 1. The monoisotopic (exact) mass is 299 g/mol. The molecule has 0 fully saturated rings. The van der Waals surface area contributed by atoms with Crippen molar-refractivity contribution < 1.29 is 4.74 Å².